The average Bonchev–Trinajstić information content (AvgIpc) is 2.08. The molecule has 3 nitrogen and oxygen atoms in total. The van der Waals surface area contributed by atoms with Crippen molar-refractivity contribution in [1.29, 1.82) is 0 Å². The lowest BCUT2D eigenvalue weighted by molar-refractivity contribution is -0.143. The Balaban J connectivity index is 2.41. The highest BCUT2D eigenvalue weighted by atomic mass is 16.4. The Morgan fingerprint density at radius 1 is 1.29 bits per heavy atom. The zero-order valence-electron chi connectivity index (χ0n) is 9.34. The second kappa shape index (κ2) is 4.30. The summed E-state index contributed by atoms with van der Waals surface area (Å²) in [4.78, 5) is 10.9. The molecule has 0 unspecified atom stereocenters. The number of rotatable bonds is 3. The minimum absolute atomic E-state index is 0.386. The Labute approximate surface area is 85.9 Å². The number of hydrogen-bond donors (Lipinski definition) is 2. The standard InChI is InChI=1S/C11H21NO2/c1-8-4-6-9(7-5-8)12-11(2,3)10(13)14/h8-9,12H,4-7H2,1-3H3,(H,13,14). The van der Waals surface area contributed by atoms with Crippen LogP contribution in [0.5, 0.6) is 0 Å². The van der Waals surface area contributed by atoms with Gasteiger partial charge in [0.15, 0.2) is 0 Å². The summed E-state index contributed by atoms with van der Waals surface area (Å²) in [5.74, 6) is 0.0390. The Bertz CT molecular complexity index is 205. The van der Waals surface area contributed by atoms with Crippen LogP contribution in [0, 0.1) is 5.92 Å². The van der Waals surface area contributed by atoms with Crippen molar-refractivity contribution in [2.75, 3.05) is 0 Å². The molecule has 1 aliphatic rings. The molecule has 14 heavy (non-hydrogen) atoms. The van der Waals surface area contributed by atoms with E-state index in [2.05, 4.69) is 12.2 Å². The lowest BCUT2D eigenvalue weighted by Crippen LogP contribution is -2.52. The molecule has 0 radical (unpaired) electrons. The zero-order chi connectivity index (χ0) is 10.8. The fourth-order valence-electron chi connectivity index (χ4n) is 1.98. The Morgan fingerprint density at radius 2 is 1.79 bits per heavy atom. The van der Waals surface area contributed by atoms with Crippen LogP contribution in [0.25, 0.3) is 0 Å². The van der Waals surface area contributed by atoms with Gasteiger partial charge in [-0.15, -0.1) is 0 Å². The molecule has 0 aromatic carbocycles. The van der Waals surface area contributed by atoms with E-state index in [0.29, 0.717) is 6.04 Å². The quantitative estimate of drug-likeness (QED) is 0.731. The molecule has 0 aromatic rings. The summed E-state index contributed by atoms with van der Waals surface area (Å²) >= 11 is 0. The molecular weight excluding hydrogens is 178 g/mol. The average molecular weight is 199 g/mol. The predicted octanol–water partition coefficient (Wildman–Crippen LogP) is 2.02. The van der Waals surface area contributed by atoms with E-state index in [1.165, 1.54) is 12.8 Å². The van der Waals surface area contributed by atoms with Crippen LogP contribution in [-0.2, 0) is 4.79 Å². The van der Waals surface area contributed by atoms with Gasteiger partial charge in [0.05, 0.1) is 0 Å². The molecule has 1 fully saturated rings. The molecule has 0 bridgehead atoms. The van der Waals surface area contributed by atoms with E-state index in [9.17, 15) is 4.79 Å². The highest BCUT2D eigenvalue weighted by molar-refractivity contribution is 5.77. The van der Waals surface area contributed by atoms with Crippen molar-refractivity contribution in [3.63, 3.8) is 0 Å². The third-order valence-corrected chi connectivity index (χ3v) is 3.12. The monoisotopic (exact) mass is 199 g/mol. The lowest BCUT2D eigenvalue weighted by Gasteiger charge is -2.32. The second-order valence-electron chi connectivity index (χ2n) is 5.03. The van der Waals surface area contributed by atoms with E-state index in [1.54, 1.807) is 13.8 Å². The summed E-state index contributed by atoms with van der Waals surface area (Å²) in [6, 6.07) is 0.386. The van der Waals surface area contributed by atoms with Crippen LogP contribution in [0.2, 0.25) is 0 Å². The van der Waals surface area contributed by atoms with Gasteiger partial charge < -0.3 is 5.11 Å². The maximum absolute atomic E-state index is 10.9. The normalized spacial score (nSPS) is 28.8. The van der Waals surface area contributed by atoms with E-state index in [0.717, 1.165) is 18.8 Å². The van der Waals surface area contributed by atoms with Crippen molar-refractivity contribution in [3.8, 4) is 0 Å². The summed E-state index contributed by atoms with van der Waals surface area (Å²) in [7, 11) is 0. The summed E-state index contributed by atoms with van der Waals surface area (Å²) in [5.41, 5.74) is -0.786. The van der Waals surface area contributed by atoms with Crippen LogP contribution in [0.1, 0.15) is 46.5 Å². The Hall–Kier alpha value is -0.570. The molecule has 1 rings (SSSR count). The minimum Gasteiger partial charge on any atom is -0.480 e. The summed E-state index contributed by atoms with van der Waals surface area (Å²) in [5, 5.41) is 12.2. The van der Waals surface area contributed by atoms with Crippen molar-refractivity contribution < 1.29 is 9.90 Å². The summed E-state index contributed by atoms with van der Waals surface area (Å²) in [6.07, 6.45) is 4.65. The van der Waals surface area contributed by atoms with Crippen LogP contribution in [0.15, 0.2) is 0 Å². The number of carbonyl (C=O) groups is 1. The third-order valence-electron chi connectivity index (χ3n) is 3.12. The lowest BCUT2D eigenvalue weighted by atomic mass is 9.86. The first-order valence-corrected chi connectivity index (χ1v) is 5.43. The van der Waals surface area contributed by atoms with Gasteiger partial charge in [-0.3, -0.25) is 10.1 Å². The fourth-order valence-corrected chi connectivity index (χ4v) is 1.98. The van der Waals surface area contributed by atoms with Crippen LogP contribution < -0.4 is 5.32 Å². The SMILES string of the molecule is CC1CCC(NC(C)(C)C(=O)O)CC1. The van der Waals surface area contributed by atoms with Gasteiger partial charge in [0, 0.05) is 6.04 Å². The van der Waals surface area contributed by atoms with Gasteiger partial charge in [-0.05, 0) is 45.4 Å². The molecule has 2 N–H and O–H groups in total. The molecule has 0 amide bonds. The molecule has 0 aliphatic heterocycles. The molecule has 0 heterocycles. The highest BCUT2D eigenvalue weighted by Gasteiger charge is 2.30. The van der Waals surface area contributed by atoms with Gasteiger partial charge in [-0.1, -0.05) is 6.92 Å². The van der Waals surface area contributed by atoms with Crippen molar-refractivity contribution in [1.82, 2.24) is 5.32 Å². The first kappa shape index (κ1) is 11.5. The van der Waals surface area contributed by atoms with Gasteiger partial charge in [0.25, 0.3) is 0 Å². The van der Waals surface area contributed by atoms with E-state index in [-0.39, 0.29) is 0 Å². The molecule has 0 spiro atoms. The Morgan fingerprint density at radius 3 is 2.21 bits per heavy atom. The molecule has 82 valence electrons. The first-order chi connectivity index (χ1) is 6.42. The summed E-state index contributed by atoms with van der Waals surface area (Å²) in [6.45, 7) is 5.72. The molecule has 1 aliphatic carbocycles. The number of aliphatic carboxylic acids is 1. The van der Waals surface area contributed by atoms with Gasteiger partial charge in [0.2, 0.25) is 0 Å². The zero-order valence-corrected chi connectivity index (χ0v) is 9.34. The highest BCUT2D eigenvalue weighted by Crippen LogP contribution is 2.24. The van der Waals surface area contributed by atoms with Gasteiger partial charge in [0.1, 0.15) is 5.54 Å². The molecule has 3 heteroatoms. The van der Waals surface area contributed by atoms with Crippen LogP contribution >= 0.6 is 0 Å². The number of hydrogen-bond acceptors (Lipinski definition) is 2. The van der Waals surface area contributed by atoms with E-state index < -0.39 is 11.5 Å². The second-order valence-corrected chi connectivity index (χ2v) is 5.03. The van der Waals surface area contributed by atoms with Crippen LogP contribution in [-0.4, -0.2) is 22.7 Å². The Kier molecular flexibility index (Phi) is 3.53. The number of nitrogens with one attached hydrogen (secondary N) is 1. The fraction of sp³-hybridized carbons (Fsp3) is 0.909. The number of carboxylic acids is 1. The van der Waals surface area contributed by atoms with E-state index >= 15 is 0 Å². The van der Waals surface area contributed by atoms with Crippen molar-refractivity contribution in [2.45, 2.75) is 58.0 Å². The minimum atomic E-state index is -0.786. The summed E-state index contributed by atoms with van der Waals surface area (Å²) < 4.78 is 0. The van der Waals surface area contributed by atoms with Gasteiger partial charge >= 0.3 is 5.97 Å². The smallest absolute Gasteiger partial charge is 0.323 e. The van der Waals surface area contributed by atoms with Gasteiger partial charge in [-0.25, -0.2) is 0 Å². The van der Waals surface area contributed by atoms with Crippen molar-refractivity contribution in [2.24, 2.45) is 5.92 Å². The molecule has 0 saturated heterocycles. The van der Waals surface area contributed by atoms with E-state index in [1.807, 2.05) is 0 Å². The topological polar surface area (TPSA) is 49.3 Å². The maximum atomic E-state index is 10.9. The number of carboxylic acid groups (broad SMARTS) is 1. The van der Waals surface area contributed by atoms with Crippen molar-refractivity contribution in [3.05, 3.63) is 0 Å². The molecular formula is C11H21NO2. The molecule has 0 aromatic heterocycles. The first-order valence-electron chi connectivity index (χ1n) is 5.43. The third kappa shape index (κ3) is 2.98. The van der Waals surface area contributed by atoms with E-state index in [4.69, 9.17) is 5.11 Å². The van der Waals surface area contributed by atoms with Crippen LogP contribution in [0.4, 0.5) is 0 Å². The van der Waals surface area contributed by atoms with Gasteiger partial charge in [-0.2, -0.15) is 0 Å². The maximum Gasteiger partial charge on any atom is 0.323 e. The van der Waals surface area contributed by atoms with Crippen molar-refractivity contribution >= 4 is 5.97 Å². The predicted molar refractivity (Wildman–Crippen MR) is 56.3 cm³/mol. The van der Waals surface area contributed by atoms with Crippen LogP contribution in [0.3, 0.4) is 0 Å². The molecule has 0 atom stereocenters. The molecule has 1 saturated carbocycles. The largest absolute Gasteiger partial charge is 0.480 e.